The van der Waals surface area contributed by atoms with E-state index in [1.165, 1.54) is 6.07 Å². The van der Waals surface area contributed by atoms with Crippen molar-refractivity contribution in [3.05, 3.63) is 53.4 Å². The molecule has 96 valence electrons. The minimum absolute atomic E-state index is 0.229. The van der Waals surface area contributed by atoms with Crippen molar-refractivity contribution in [1.82, 2.24) is 9.78 Å². The zero-order valence-corrected chi connectivity index (χ0v) is 9.98. The summed E-state index contributed by atoms with van der Waals surface area (Å²) in [5.41, 5.74) is 1.22. The van der Waals surface area contributed by atoms with Crippen LogP contribution in [0.4, 0.5) is 8.78 Å². The van der Waals surface area contributed by atoms with Gasteiger partial charge in [0.15, 0.2) is 11.6 Å². The monoisotopic (exact) mass is 252 g/mol. The molecule has 2 aromatic rings. The Balaban J connectivity index is 2.10. The predicted octanol–water partition coefficient (Wildman–Crippen LogP) is 2.46. The maximum absolute atomic E-state index is 13.0. The molecule has 0 aliphatic carbocycles. The Hall–Kier alpha value is -1.75. The van der Waals surface area contributed by atoms with Gasteiger partial charge in [-0.1, -0.05) is 6.07 Å². The van der Waals surface area contributed by atoms with Gasteiger partial charge in [-0.2, -0.15) is 5.10 Å². The van der Waals surface area contributed by atoms with Crippen molar-refractivity contribution in [3.8, 4) is 0 Å². The zero-order valence-electron chi connectivity index (χ0n) is 9.98. The highest BCUT2D eigenvalue weighted by molar-refractivity contribution is 5.21. The molecule has 0 radical (unpaired) electrons. The minimum atomic E-state index is -0.899. The molecule has 0 fully saturated rings. The third kappa shape index (κ3) is 2.73. The lowest BCUT2D eigenvalue weighted by atomic mass is 10.0. The lowest BCUT2D eigenvalue weighted by Gasteiger charge is -2.08. The number of aromatic nitrogens is 2. The van der Waals surface area contributed by atoms with E-state index < -0.39 is 17.7 Å². The molecule has 1 unspecified atom stereocenters. The van der Waals surface area contributed by atoms with Crippen LogP contribution in [0.1, 0.15) is 24.2 Å². The van der Waals surface area contributed by atoms with E-state index in [9.17, 15) is 13.9 Å². The molecule has 0 saturated heterocycles. The fourth-order valence-electron chi connectivity index (χ4n) is 1.73. The molecule has 0 saturated carbocycles. The van der Waals surface area contributed by atoms with Crippen molar-refractivity contribution in [2.45, 2.75) is 26.0 Å². The summed E-state index contributed by atoms with van der Waals surface area (Å²) in [6, 6.07) is 3.63. The molecule has 18 heavy (non-hydrogen) atoms. The largest absolute Gasteiger partial charge is 0.388 e. The second-order valence-electron chi connectivity index (χ2n) is 4.10. The average Bonchev–Trinajstić information content (AvgIpc) is 2.82. The van der Waals surface area contributed by atoms with Gasteiger partial charge in [0.2, 0.25) is 0 Å². The van der Waals surface area contributed by atoms with Crippen molar-refractivity contribution in [2.75, 3.05) is 0 Å². The van der Waals surface area contributed by atoms with Crippen LogP contribution in [0.3, 0.4) is 0 Å². The number of hydrogen-bond donors (Lipinski definition) is 1. The molecule has 1 aromatic heterocycles. The van der Waals surface area contributed by atoms with E-state index >= 15 is 0 Å². The summed E-state index contributed by atoms with van der Waals surface area (Å²) in [7, 11) is 0. The van der Waals surface area contributed by atoms with E-state index in [1.807, 2.05) is 6.92 Å². The Labute approximate surface area is 104 Å². The van der Waals surface area contributed by atoms with Gasteiger partial charge in [-0.15, -0.1) is 0 Å². The van der Waals surface area contributed by atoms with Crippen molar-refractivity contribution >= 4 is 0 Å². The van der Waals surface area contributed by atoms with E-state index in [0.29, 0.717) is 11.1 Å². The van der Waals surface area contributed by atoms with Crippen molar-refractivity contribution in [1.29, 1.82) is 0 Å². The third-order valence-electron chi connectivity index (χ3n) is 2.78. The lowest BCUT2D eigenvalue weighted by molar-refractivity contribution is 0.178. The van der Waals surface area contributed by atoms with Crippen LogP contribution in [-0.2, 0) is 13.0 Å². The van der Waals surface area contributed by atoms with Crippen LogP contribution in [0.15, 0.2) is 30.6 Å². The van der Waals surface area contributed by atoms with Crippen LogP contribution in [0.2, 0.25) is 0 Å². The minimum Gasteiger partial charge on any atom is -0.388 e. The highest BCUT2D eigenvalue weighted by Gasteiger charge is 2.12. The number of aliphatic hydroxyl groups excluding tert-OH is 1. The van der Waals surface area contributed by atoms with Crippen LogP contribution in [0, 0.1) is 11.6 Å². The van der Waals surface area contributed by atoms with Crippen LogP contribution in [0.25, 0.3) is 0 Å². The molecule has 5 heteroatoms. The predicted molar refractivity (Wildman–Crippen MR) is 62.9 cm³/mol. The summed E-state index contributed by atoms with van der Waals surface area (Å²) < 4.78 is 27.5. The molecule has 1 aromatic carbocycles. The number of rotatable bonds is 4. The molecular formula is C13H14F2N2O. The smallest absolute Gasteiger partial charge is 0.159 e. The van der Waals surface area contributed by atoms with E-state index in [2.05, 4.69) is 5.10 Å². The molecular weight excluding hydrogens is 238 g/mol. The quantitative estimate of drug-likeness (QED) is 0.907. The normalized spacial score (nSPS) is 12.7. The first-order valence-corrected chi connectivity index (χ1v) is 5.74. The van der Waals surface area contributed by atoms with Crippen LogP contribution in [0.5, 0.6) is 0 Å². The first kappa shape index (κ1) is 12.7. The summed E-state index contributed by atoms with van der Waals surface area (Å²) >= 11 is 0. The number of nitrogens with zero attached hydrogens (tertiary/aromatic N) is 2. The molecule has 3 nitrogen and oxygen atoms in total. The van der Waals surface area contributed by atoms with Gasteiger partial charge in [-0.25, -0.2) is 8.78 Å². The highest BCUT2D eigenvalue weighted by Crippen LogP contribution is 2.19. The molecule has 0 amide bonds. The maximum Gasteiger partial charge on any atom is 0.159 e. The molecule has 1 atom stereocenters. The van der Waals surface area contributed by atoms with Gasteiger partial charge in [-0.3, -0.25) is 4.68 Å². The Morgan fingerprint density at radius 2 is 2.11 bits per heavy atom. The van der Waals surface area contributed by atoms with Gasteiger partial charge in [0.1, 0.15) is 0 Å². The van der Waals surface area contributed by atoms with Gasteiger partial charge in [0, 0.05) is 24.7 Å². The Bertz CT molecular complexity index is 540. The SMILES string of the molecule is CCn1cc(C(O)Cc2ccc(F)c(F)c2)cn1. The standard InChI is InChI=1S/C13H14F2N2O/c1-2-17-8-10(7-16-17)13(18)6-9-3-4-11(14)12(15)5-9/h3-5,7-8,13,18H,2,6H2,1H3. The van der Waals surface area contributed by atoms with Gasteiger partial charge in [0.25, 0.3) is 0 Å². The summed E-state index contributed by atoms with van der Waals surface area (Å²) in [4.78, 5) is 0. The first-order chi connectivity index (χ1) is 8.60. The highest BCUT2D eigenvalue weighted by atomic mass is 19.2. The molecule has 2 rings (SSSR count). The second kappa shape index (κ2) is 5.27. The Kier molecular flexibility index (Phi) is 3.72. The van der Waals surface area contributed by atoms with E-state index in [-0.39, 0.29) is 6.42 Å². The molecule has 0 aliphatic rings. The lowest BCUT2D eigenvalue weighted by Crippen LogP contribution is -2.02. The van der Waals surface area contributed by atoms with Gasteiger partial charge in [0.05, 0.1) is 12.3 Å². The third-order valence-corrected chi connectivity index (χ3v) is 2.78. The van der Waals surface area contributed by atoms with E-state index in [0.717, 1.165) is 18.7 Å². The maximum atomic E-state index is 13.0. The fraction of sp³-hybridized carbons (Fsp3) is 0.308. The zero-order chi connectivity index (χ0) is 13.1. The molecule has 0 bridgehead atoms. The molecule has 1 N–H and O–H groups in total. The Morgan fingerprint density at radius 3 is 2.72 bits per heavy atom. The summed E-state index contributed by atoms with van der Waals surface area (Å²) in [5, 5.41) is 14.0. The van der Waals surface area contributed by atoms with Crippen molar-refractivity contribution in [3.63, 3.8) is 0 Å². The van der Waals surface area contributed by atoms with Gasteiger partial charge >= 0.3 is 0 Å². The van der Waals surface area contributed by atoms with Crippen molar-refractivity contribution < 1.29 is 13.9 Å². The van der Waals surface area contributed by atoms with E-state index in [1.54, 1.807) is 17.1 Å². The average molecular weight is 252 g/mol. The fourth-order valence-corrected chi connectivity index (χ4v) is 1.73. The number of hydrogen-bond acceptors (Lipinski definition) is 2. The van der Waals surface area contributed by atoms with Crippen LogP contribution in [-0.4, -0.2) is 14.9 Å². The van der Waals surface area contributed by atoms with Gasteiger partial charge in [-0.05, 0) is 24.6 Å². The molecule has 0 spiro atoms. The summed E-state index contributed by atoms with van der Waals surface area (Å²) in [6.45, 7) is 2.66. The number of halogens is 2. The molecule has 0 aliphatic heterocycles. The summed E-state index contributed by atoms with van der Waals surface area (Å²) in [6.07, 6.45) is 2.78. The van der Waals surface area contributed by atoms with Gasteiger partial charge < -0.3 is 5.11 Å². The topological polar surface area (TPSA) is 38.0 Å². The summed E-state index contributed by atoms with van der Waals surface area (Å²) in [5.74, 6) is -1.78. The number of aliphatic hydroxyl groups is 1. The number of benzene rings is 1. The van der Waals surface area contributed by atoms with Crippen LogP contribution >= 0.6 is 0 Å². The van der Waals surface area contributed by atoms with Crippen LogP contribution < -0.4 is 0 Å². The van der Waals surface area contributed by atoms with Crippen molar-refractivity contribution in [2.24, 2.45) is 0 Å². The van der Waals surface area contributed by atoms with E-state index in [4.69, 9.17) is 0 Å². The Morgan fingerprint density at radius 1 is 1.33 bits per heavy atom. The molecule has 1 heterocycles. The first-order valence-electron chi connectivity index (χ1n) is 5.74. The second-order valence-corrected chi connectivity index (χ2v) is 4.10. The number of aryl methyl sites for hydroxylation is 1.